The van der Waals surface area contributed by atoms with Gasteiger partial charge in [0.15, 0.2) is 0 Å². The van der Waals surface area contributed by atoms with Crippen LogP contribution in [-0.4, -0.2) is 22.8 Å². The van der Waals surface area contributed by atoms with Crippen molar-refractivity contribution in [2.45, 2.75) is 19.4 Å². The number of rotatable bonds is 2. The molecule has 0 N–H and O–H groups in total. The normalized spacial score (nSPS) is 17.4. The topological polar surface area (TPSA) is 27.1 Å². The van der Waals surface area contributed by atoms with Gasteiger partial charge in [0.25, 0.3) is 0 Å². The number of imidazole rings is 1. The van der Waals surface area contributed by atoms with E-state index in [-0.39, 0.29) is 5.82 Å². The Morgan fingerprint density at radius 2 is 2.17 bits per heavy atom. The molecule has 0 bridgehead atoms. The van der Waals surface area contributed by atoms with Crippen molar-refractivity contribution in [2.24, 2.45) is 5.92 Å². The van der Waals surface area contributed by atoms with E-state index in [4.69, 9.17) is 4.74 Å². The van der Waals surface area contributed by atoms with Crippen molar-refractivity contribution in [2.75, 3.05) is 13.2 Å². The van der Waals surface area contributed by atoms with E-state index in [0.717, 1.165) is 38.1 Å². The van der Waals surface area contributed by atoms with Crippen molar-refractivity contribution in [1.82, 2.24) is 9.55 Å². The van der Waals surface area contributed by atoms with Crippen LogP contribution in [-0.2, 0) is 11.3 Å². The lowest BCUT2D eigenvalue weighted by Gasteiger charge is -2.22. The van der Waals surface area contributed by atoms with Crippen molar-refractivity contribution in [1.29, 1.82) is 0 Å². The Morgan fingerprint density at radius 1 is 1.39 bits per heavy atom. The number of halogens is 2. The lowest BCUT2D eigenvalue weighted by atomic mass is 10.0. The molecule has 96 valence electrons. The van der Waals surface area contributed by atoms with E-state index in [2.05, 4.69) is 25.5 Å². The minimum Gasteiger partial charge on any atom is -0.381 e. The number of benzene rings is 1. The van der Waals surface area contributed by atoms with E-state index in [1.54, 1.807) is 12.4 Å². The van der Waals surface area contributed by atoms with E-state index >= 15 is 0 Å². The summed E-state index contributed by atoms with van der Waals surface area (Å²) in [5, 5.41) is 0. The van der Waals surface area contributed by atoms with Gasteiger partial charge in [-0.2, -0.15) is 0 Å². The molecule has 2 aromatic rings. The Balaban J connectivity index is 1.89. The van der Waals surface area contributed by atoms with Crippen LogP contribution in [0.4, 0.5) is 4.39 Å². The predicted molar refractivity (Wildman–Crippen MR) is 70.9 cm³/mol. The summed E-state index contributed by atoms with van der Waals surface area (Å²) < 4.78 is 21.4. The minimum atomic E-state index is -0.265. The number of fused-ring (bicyclic) bond motifs is 1. The van der Waals surface area contributed by atoms with Crippen LogP contribution in [0.15, 0.2) is 22.9 Å². The van der Waals surface area contributed by atoms with E-state index in [1.165, 1.54) is 6.07 Å². The van der Waals surface area contributed by atoms with Gasteiger partial charge in [0.1, 0.15) is 5.82 Å². The summed E-state index contributed by atoms with van der Waals surface area (Å²) in [7, 11) is 0. The lowest BCUT2D eigenvalue weighted by Crippen LogP contribution is -2.20. The summed E-state index contributed by atoms with van der Waals surface area (Å²) in [5.74, 6) is 0.360. The third-order valence-electron chi connectivity index (χ3n) is 3.46. The quantitative estimate of drug-likeness (QED) is 0.850. The lowest BCUT2D eigenvalue weighted by molar-refractivity contribution is 0.0616. The van der Waals surface area contributed by atoms with Gasteiger partial charge in [-0.25, -0.2) is 9.37 Å². The summed E-state index contributed by atoms with van der Waals surface area (Å²) in [6, 6.07) is 3.27. The molecular weight excluding hydrogens is 299 g/mol. The average Bonchev–Trinajstić information content (AvgIpc) is 2.74. The van der Waals surface area contributed by atoms with Crippen LogP contribution in [0.1, 0.15) is 12.8 Å². The second-order valence-corrected chi connectivity index (χ2v) is 5.56. The minimum absolute atomic E-state index is 0.265. The van der Waals surface area contributed by atoms with Gasteiger partial charge in [0.2, 0.25) is 0 Å². The smallest absolute Gasteiger partial charge is 0.139 e. The fourth-order valence-corrected chi connectivity index (χ4v) is 2.74. The van der Waals surface area contributed by atoms with E-state index in [1.807, 2.05) is 0 Å². The van der Waals surface area contributed by atoms with Gasteiger partial charge in [-0.05, 0) is 40.8 Å². The van der Waals surface area contributed by atoms with E-state index < -0.39 is 0 Å². The molecule has 3 rings (SSSR count). The zero-order valence-corrected chi connectivity index (χ0v) is 11.5. The van der Waals surface area contributed by atoms with Crippen LogP contribution < -0.4 is 0 Å². The van der Waals surface area contributed by atoms with Gasteiger partial charge in [0, 0.05) is 25.8 Å². The van der Waals surface area contributed by atoms with E-state index in [0.29, 0.717) is 15.9 Å². The molecule has 3 nitrogen and oxygen atoms in total. The molecule has 1 fully saturated rings. The average molecular weight is 313 g/mol. The molecule has 0 unspecified atom stereocenters. The van der Waals surface area contributed by atoms with Gasteiger partial charge < -0.3 is 9.30 Å². The summed E-state index contributed by atoms with van der Waals surface area (Å²) in [6.45, 7) is 2.61. The Kier molecular flexibility index (Phi) is 3.35. The number of nitrogens with zero attached hydrogens (tertiary/aromatic N) is 2. The Morgan fingerprint density at radius 3 is 2.94 bits per heavy atom. The van der Waals surface area contributed by atoms with Gasteiger partial charge in [-0.15, -0.1) is 0 Å². The van der Waals surface area contributed by atoms with Crippen molar-refractivity contribution >= 4 is 27.0 Å². The number of hydrogen-bond donors (Lipinski definition) is 0. The first kappa shape index (κ1) is 12.1. The molecule has 0 radical (unpaired) electrons. The fourth-order valence-electron chi connectivity index (χ4n) is 2.41. The van der Waals surface area contributed by atoms with Crippen molar-refractivity contribution in [3.63, 3.8) is 0 Å². The second-order valence-electron chi connectivity index (χ2n) is 4.71. The third kappa shape index (κ3) is 2.29. The van der Waals surface area contributed by atoms with Crippen molar-refractivity contribution < 1.29 is 9.13 Å². The molecule has 0 atom stereocenters. The second kappa shape index (κ2) is 4.97. The molecule has 1 aliphatic rings. The van der Waals surface area contributed by atoms with Gasteiger partial charge >= 0.3 is 0 Å². The Hall–Kier alpha value is -0.940. The molecule has 1 aromatic carbocycles. The van der Waals surface area contributed by atoms with Crippen LogP contribution in [0.3, 0.4) is 0 Å². The van der Waals surface area contributed by atoms with Crippen LogP contribution in [0.25, 0.3) is 11.0 Å². The van der Waals surface area contributed by atoms with E-state index in [9.17, 15) is 4.39 Å². The molecule has 0 aliphatic carbocycles. The molecular formula is C13H14BrFN2O. The van der Waals surface area contributed by atoms with Crippen LogP contribution in [0.5, 0.6) is 0 Å². The molecule has 0 amide bonds. The highest BCUT2D eigenvalue weighted by atomic mass is 79.9. The first-order valence-corrected chi connectivity index (χ1v) is 6.91. The third-order valence-corrected chi connectivity index (χ3v) is 4.07. The molecule has 1 aromatic heterocycles. The Labute approximate surface area is 113 Å². The number of ether oxygens (including phenoxy) is 1. The fraction of sp³-hybridized carbons (Fsp3) is 0.462. The van der Waals surface area contributed by atoms with Crippen LogP contribution in [0.2, 0.25) is 0 Å². The summed E-state index contributed by atoms with van der Waals surface area (Å²) in [6.07, 6.45) is 3.97. The SMILES string of the molecule is Fc1cc2ncn(CC3CCOCC3)c2cc1Br. The maximum Gasteiger partial charge on any atom is 0.139 e. The standard InChI is InChI=1S/C13H14BrFN2O/c14-10-5-13-12(6-11(10)15)16-8-17(13)7-9-1-3-18-4-2-9/h5-6,8-9H,1-4,7H2. The molecule has 0 spiro atoms. The molecule has 1 aliphatic heterocycles. The van der Waals surface area contributed by atoms with Gasteiger partial charge in [-0.1, -0.05) is 0 Å². The molecule has 5 heteroatoms. The maximum absolute atomic E-state index is 13.4. The molecule has 2 heterocycles. The van der Waals surface area contributed by atoms with Crippen LogP contribution >= 0.6 is 15.9 Å². The highest BCUT2D eigenvalue weighted by molar-refractivity contribution is 9.10. The summed E-state index contributed by atoms with van der Waals surface area (Å²) in [5.41, 5.74) is 1.69. The van der Waals surface area contributed by atoms with Gasteiger partial charge in [0.05, 0.1) is 21.8 Å². The summed E-state index contributed by atoms with van der Waals surface area (Å²) >= 11 is 3.22. The largest absolute Gasteiger partial charge is 0.381 e. The van der Waals surface area contributed by atoms with Crippen LogP contribution in [0, 0.1) is 11.7 Å². The monoisotopic (exact) mass is 312 g/mol. The number of aromatic nitrogens is 2. The Bertz CT molecular complexity index is 563. The first-order valence-electron chi connectivity index (χ1n) is 6.11. The molecule has 18 heavy (non-hydrogen) atoms. The number of hydrogen-bond acceptors (Lipinski definition) is 2. The first-order chi connectivity index (χ1) is 8.74. The molecule has 1 saturated heterocycles. The summed E-state index contributed by atoms with van der Waals surface area (Å²) in [4.78, 5) is 4.26. The van der Waals surface area contributed by atoms with Crippen molar-refractivity contribution in [3.05, 3.63) is 28.7 Å². The zero-order chi connectivity index (χ0) is 12.5. The predicted octanol–water partition coefficient (Wildman–Crippen LogP) is 3.36. The maximum atomic E-state index is 13.4. The highest BCUT2D eigenvalue weighted by Crippen LogP contribution is 2.24. The molecule has 0 saturated carbocycles. The van der Waals surface area contributed by atoms with Gasteiger partial charge in [-0.3, -0.25) is 0 Å². The van der Waals surface area contributed by atoms with Crippen molar-refractivity contribution in [3.8, 4) is 0 Å². The zero-order valence-electron chi connectivity index (χ0n) is 9.90. The highest BCUT2D eigenvalue weighted by Gasteiger charge is 2.16.